The lowest BCUT2D eigenvalue weighted by Crippen LogP contribution is -2.24. The van der Waals surface area contributed by atoms with E-state index in [1.165, 1.54) is 13.2 Å². The van der Waals surface area contributed by atoms with Crippen molar-refractivity contribution in [2.45, 2.75) is 19.6 Å². The molecule has 0 saturated heterocycles. The molecule has 0 radical (unpaired) electrons. The predicted octanol–water partition coefficient (Wildman–Crippen LogP) is 3.72. The number of hydrogen-bond donors (Lipinski definition) is 0. The van der Waals surface area contributed by atoms with Crippen molar-refractivity contribution in [2.75, 3.05) is 7.11 Å². The third-order valence-corrected chi connectivity index (χ3v) is 2.92. The van der Waals surface area contributed by atoms with Gasteiger partial charge in [-0.2, -0.15) is 0 Å². The highest BCUT2D eigenvalue weighted by Gasteiger charge is 2.17. The van der Waals surface area contributed by atoms with E-state index >= 15 is 0 Å². The maximum absolute atomic E-state index is 13.6. The molecular formula is C13H17F2NO2Si. The lowest BCUT2D eigenvalue weighted by Gasteiger charge is -2.18. The number of rotatable bonds is 5. The van der Waals surface area contributed by atoms with E-state index in [2.05, 4.69) is 11.6 Å². The quantitative estimate of drug-likeness (QED) is 0.469. The van der Waals surface area contributed by atoms with Gasteiger partial charge in [0, 0.05) is 6.21 Å². The second-order valence-electron chi connectivity index (χ2n) is 4.84. The van der Waals surface area contributed by atoms with Crippen LogP contribution in [0.4, 0.5) is 8.78 Å². The molecule has 1 aromatic carbocycles. The van der Waals surface area contributed by atoms with Crippen LogP contribution in [0.25, 0.3) is 0 Å². The molecule has 0 unspecified atom stereocenters. The second kappa shape index (κ2) is 5.97. The molecule has 0 atom stereocenters. The number of methoxy groups -OCH3 is 1. The third-order valence-electron chi connectivity index (χ3n) is 2.07. The Kier molecular flexibility index (Phi) is 4.82. The van der Waals surface area contributed by atoms with Crippen LogP contribution in [0.1, 0.15) is 5.56 Å². The minimum absolute atomic E-state index is 0.0668. The number of hydrogen-bond acceptors (Lipinski definition) is 3. The first-order valence-electron chi connectivity index (χ1n) is 5.68. The highest BCUT2D eigenvalue weighted by Crippen LogP contribution is 2.22. The van der Waals surface area contributed by atoms with E-state index in [9.17, 15) is 8.78 Å². The fraction of sp³-hybridized carbons (Fsp3) is 0.308. The highest BCUT2D eigenvalue weighted by molar-refractivity contribution is 6.70. The first kappa shape index (κ1) is 15.4. The number of aliphatic imine (C=N–C) groups is 1. The van der Waals surface area contributed by atoms with E-state index in [1.807, 2.05) is 19.6 Å². The molecule has 0 fully saturated rings. The largest absolute Gasteiger partial charge is 0.532 e. The van der Waals surface area contributed by atoms with Crippen molar-refractivity contribution in [3.8, 4) is 5.75 Å². The Morgan fingerprint density at radius 3 is 2.47 bits per heavy atom. The van der Waals surface area contributed by atoms with E-state index in [0.717, 1.165) is 12.3 Å². The lowest BCUT2D eigenvalue weighted by molar-refractivity contribution is 0.405. The van der Waals surface area contributed by atoms with E-state index in [1.54, 1.807) is 0 Å². The van der Waals surface area contributed by atoms with Crippen LogP contribution in [0.3, 0.4) is 0 Å². The van der Waals surface area contributed by atoms with Gasteiger partial charge in [-0.1, -0.05) is 0 Å². The zero-order chi connectivity index (χ0) is 14.6. The molecule has 0 saturated carbocycles. The van der Waals surface area contributed by atoms with Crippen LogP contribution in [-0.4, -0.2) is 21.6 Å². The van der Waals surface area contributed by atoms with Gasteiger partial charge in [-0.15, -0.1) is 0 Å². The topological polar surface area (TPSA) is 30.8 Å². The van der Waals surface area contributed by atoms with Crippen molar-refractivity contribution in [3.63, 3.8) is 0 Å². The SMILES string of the molecule is C=C(/N=C/c1c(OC)ccc(F)c1F)O[Si](C)(C)C. The molecule has 19 heavy (non-hydrogen) atoms. The van der Waals surface area contributed by atoms with E-state index in [-0.39, 0.29) is 17.2 Å². The Balaban J connectivity index is 2.99. The molecule has 3 nitrogen and oxygen atoms in total. The number of ether oxygens (including phenoxy) is 1. The molecule has 1 rings (SSSR count). The highest BCUT2D eigenvalue weighted by atomic mass is 28.4. The minimum Gasteiger partial charge on any atom is -0.532 e. The van der Waals surface area contributed by atoms with Gasteiger partial charge in [-0.05, 0) is 38.4 Å². The standard InChI is InChI=1S/C13H17F2NO2Si/c1-9(18-19(3,4)5)16-8-10-12(17-2)7-6-11(14)13(10)15/h6-8H,1H2,2-5H3/b16-8+. The summed E-state index contributed by atoms with van der Waals surface area (Å²) in [4.78, 5) is 3.90. The molecule has 0 aliphatic carbocycles. The number of halogens is 2. The van der Waals surface area contributed by atoms with Crippen molar-refractivity contribution >= 4 is 14.5 Å². The summed E-state index contributed by atoms with van der Waals surface area (Å²) in [5.41, 5.74) is -0.0668. The van der Waals surface area contributed by atoms with Gasteiger partial charge in [0.05, 0.1) is 12.7 Å². The Hall–Kier alpha value is -1.69. The van der Waals surface area contributed by atoms with Crippen molar-refractivity contribution in [1.82, 2.24) is 0 Å². The van der Waals surface area contributed by atoms with E-state index < -0.39 is 20.0 Å². The molecule has 0 aliphatic rings. The Morgan fingerprint density at radius 1 is 1.32 bits per heavy atom. The van der Waals surface area contributed by atoms with Crippen LogP contribution in [0, 0.1) is 11.6 Å². The normalized spacial score (nSPS) is 11.7. The van der Waals surface area contributed by atoms with Gasteiger partial charge >= 0.3 is 0 Å². The van der Waals surface area contributed by atoms with Gasteiger partial charge in [-0.3, -0.25) is 0 Å². The maximum atomic E-state index is 13.6. The van der Waals surface area contributed by atoms with Crippen molar-refractivity contribution in [3.05, 3.63) is 41.8 Å². The molecule has 0 spiro atoms. The minimum atomic E-state index is -1.82. The molecule has 0 aliphatic heterocycles. The average Bonchev–Trinajstić information content (AvgIpc) is 2.28. The van der Waals surface area contributed by atoms with Gasteiger partial charge in [0.2, 0.25) is 8.32 Å². The zero-order valence-electron chi connectivity index (χ0n) is 11.5. The first-order valence-corrected chi connectivity index (χ1v) is 9.09. The van der Waals surface area contributed by atoms with E-state index in [4.69, 9.17) is 9.16 Å². The number of benzene rings is 1. The van der Waals surface area contributed by atoms with Gasteiger partial charge in [0.25, 0.3) is 0 Å². The average molecular weight is 285 g/mol. The Labute approximate surface area is 112 Å². The summed E-state index contributed by atoms with van der Waals surface area (Å²) in [6, 6.07) is 2.33. The van der Waals surface area contributed by atoms with Gasteiger partial charge < -0.3 is 9.16 Å². The smallest absolute Gasteiger partial charge is 0.244 e. The summed E-state index contributed by atoms with van der Waals surface area (Å²) in [6.07, 6.45) is 1.15. The fourth-order valence-corrected chi connectivity index (χ4v) is 2.12. The molecule has 6 heteroatoms. The molecule has 1 aromatic rings. The maximum Gasteiger partial charge on any atom is 0.244 e. The summed E-state index contributed by atoms with van der Waals surface area (Å²) in [5.74, 6) is -1.60. The molecule has 0 aromatic heterocycles. The monoisotopic (exact) mass is 285 g/mol. The molecule has 0 amide bonds. The molecular weight excluding hydrogens is 268 g/mol. The van der Waals surface area contributed by atoms with Crippen LogP contribution >= 0.6 is 0 Å². The number of nitrogens with zero attached hydrogens (tertiary/aromatic N) is 1. The summed E-state index contributed by atoms with van der Waals surface area (Å²) in [7, 11) is -0.445. The van der Waals surface area contributed by atoms with Crippen LogP contribution in [-0.2, 0) is 4.43 Å². The van der Waals surface area contributed by atoms with Crippen LogP contribution < -0.4 is 4.74 Å². The van der Waals surface area contributed by atoms with Crippen molar-refractivity contribution in [2.24, 2.45) is 4.99 Å². The lowest BCUT2D eigenvalue weighted by atomic mass is 10.2. The van der Waals surface area contributed by atoms with Crippen LogP contribution in [0.15, 0.2) is 29.6 Å². The summed E-state index contributed by atoms with van der Waals surface area (Å²) in [6.45, 7) is 9.53. The second-order valence-corrected chi connectivity index (χ2v) is 9.27. The van der Waals surface area contributed by atoms with Gasteiger partial charge in [0.1, 0.15) is 5.75 Å². The summed E-state index contributed by atoms with van der Waals surface area (Å²) < 4.78 is 37.2. The van der Waals surface area contributed by atoms with Gasteiger partial charge in [0.15, 0.2) is 17.5 Å². The summed E-state index contributed by atoms with van der Waals surface area (Å²) >= 11 is 0. The molecule has 104 valence electrons. The van der Waals surface area contributed by atoms with Crippen molar-refractivity contribution in [1.29, 1.82) is 0 Å². The first-order chi connectivity index (χ1) is 8.74. The Morgan fingerprint density at radius 2 is 1.95 bits per heavy atom. The summed E-state index contributed by atoms with van der Waals surface area (Å²) in [5, 5.41) is 0. The molecule has 0 N–H and O–H groups in total. The predicted molar refractivity (Wildman–Crippen MR) is 74.1 cm³/mol. The third kappa shape index (κ3) is 4.48. The van der Waals surface area contributed by atoms with Crippen molar-refractivity contribution < 1.29 is 17.9 Å². The Bertz CT molecular complexity index is 510. The van der Waals surface area contributed by atoms with Crippen LogP contribution in [0.5, 0.6) is 5.75 Å². The molecule has 0 heterocycles. The van der Waals surface area contributed by atoms with Crippen LogP contribution in [0.2, 0.25) is 19.6 Å². The zero-order valence-corrected chi connectivity index (χ0v) is 12.5. The molecule has 0 bridgehead atoms. The van der Waals surface area contributed by atoms with Gasteiger partial charge in [-0.25, -0.2) is 13.8 Å². The van der Waals surface area contributed by atoms with E-state index in [0.29, 0.717) is 0 Å². The fourth-order valence-electron chi connectivity index (χ4n) is 1.36.